The third-order valence-corrected chi connectivity index (χ3v) is 5.48. The van der Waals surface area contributed by atoms with E-state index >= 15 is 0 Å². The molecule has 1 saturated heterocycles. The molecule has 7 heteroatoms. The van der Waals surface area contributed by atoms with Gasteiger partial charge in [0.1, 0.15) is 0 Å². The van der Waals surface area contributed by atoms with Crippen LogP contribution < -0.4 is 5.32 Å². The summed E-state index contributed by atoms with van der Waals surface area (Å²) in [6.45, 7) is 5.97. The Hall–Kier alpha value is -0.690. The lowest BCUT2D eigenvalue weighted by molar-refractivity contribution is 0.270. The minimum Gasteiger partial charge on any atom is -0.313 e. The average Bonchev–Trinajstić information content (AvgIpc) is 2.46. The lowest BCUT2D eigenvalue weighted by Crippen LogP contribution is -2.49. The summed E-state index contributed by atoms with van der Waals surface area (Å²) < 4.78 is 26.7. The van der Waals surface area contributed by atoms with Crippen molar-refractivity contribution in [1.29, 1.82) is 0 Å². The van der Waals surface area contributed by atoms with Crippen molar-refractivity contribution in [1.82, 2.24) is 14.6 Å². The average molecular weight is 334 g/mol. The van der Waals surface area contributed by atoms with Crippen molar-refractivity contribution >= 4 is 22.4 Å². The molecule has 2 heterocycles. The fourth-order valence-corrected chi connectivity index (χ4v) is 4.33. The van der Waals surface area contributed by atoms with Crippen LogP contribution in [0.1, 0.15) is 31.9 Å². The molecule has 120 valence electrons. The van der Waals surface area contributed by atoms with Crippen LogP contribution in [-0.4, -0.2) is 43.1 Å². The van der Waals surface area contributed by atoms with Crippen molar-refractivity contribution < 1.29 is 8.42 Å². The van der Waals surface area contributed by atoms with Crippen molar-refractivity contribution in [3.8, 4) is 0 Å². The highest BCUT2D eigenvalue weighted by Gasteiger charge is 2.32. The van der Waals surface area contributed by atoms with E-state index in [1.807, 2.05) is 26.0 Å². The van der Waals surface area contributed by atoms with Gasteiger partial charge in [-0.3, -0.25) is 4.98 Å². The van der Waals surface area contributed by atoms with Gasteiger partial charge in [-0.15, -0.1) is 12.4 Å². The Kier molecular flexibility index (Phi) is 7.06. The molecule has 1 fully saturated rings. The second kappa shape index (κ2) is 8.08. The molecule has 1 aromatic heterocycles. The number of hydrogen-bond acceptors (Lipinski definition) is 4. The van der Waals surface area contributed by atoms with E-state index in [0.717, 1.165) is 5.56 Å². The zero-order valence-electron chi connectivity index (χ0n) is 12.5. The summed E-state index contributed by atoms with van der Waals surface area (Å²) in [5.74, 6) is 0.617. The maximum absolute atomic E-state index is 12.6. The Balaban J connectivity index is 0.00000220. The molecule has 1 N–H and O–H groups in total. The zero-order valence-corrected chi connectivity index (χ0v) is 14.2. The molecule has 0 radical (unpaired) electrons. The number of rotatable bonds is 5. The maximum Gasteiger partial charge on any atom is 0.214 e. The summed E-state index contributed by atoms with van der Waals surface area (Å²) in [5, 5.41) is 3.27. The van der Waals surface area contributed by atoms with E-state index in [9.17, 15) is 8.42 Å². The normalized spacial score (nSPS) is 20.2. The Morgan fingerprint density at radius 1 is 1.48 bits per heavy atom. The third-order valence-electron chi connectivity index (χ3n) is 3.57. The Morgan fingerprint density at radius 3 is 2.86 bits per heavy atom. The maximum atomic E-state index is 12.6. The second-order valence-corrected chi connectivity index (χ2v) is 7.66. The van der Waals surface area contributed by atoms with Crippen LogP contribution in [0, 0.1) is 5.92 Å². The van der Waals surface area contributed by atoms with Crippen molar-refractivity contribution in [3.63, 3.8) is 0 Å². The number of aromatic nitrogens is 1. The van der Waals surface area contributed by atoms with Crippen molar-refractivity contribution in [2.75, 3.05) is 25.4 Å². The lowest BCUT2D eigenvalue weighted by Gasteiger charge is -2.35. The van der Waals surface area contributed by atoms with Gasteiger partial charge in [-0.1, -0.05) is 19.9 Å². The van der Waals surface area contributed by atoms with Gasteiger partial charge in [0.25, 0.3) is 0 Å². The first-order valence-corrected chi connectivity index (χ1v) is 8.72. The topological polar surface area (TPSA) is 62.3 Å². The quantitative estimate of drug-likeness (QED) is 0.893. The second-order valence-electron chi connectivity index (χ2n) is 5.62. The molecule has 0 amide bonds. The molecular weight excluding hydrogens is 310 g/mol. The van der Waals surface area contributed by atoms with Crippen LogP contribution in [0.25, 0.3) is 0 Å². The van der Waals surface area contributed by atoms with Crippen LogP contribution in [0.5, 0.6) is 0 Å². The van der Waals surface area contributed by atoms with Crippen LogP contribution in [0.4, 0.5) is 0 Å². The molecule has 1 aliphatic heterocycles. The van der Waals surface area contributed by atoms with E-state index in [2.05, 4.69) is 10.3 Å². The highest BCUT2D eigenvalue weighted by Crippen LogP contribution is 2.25. The van der Waals surface area contributed by atoms with E-state index in [4.69, 9.17) is 0 Å². The van der Waals surface area contributed by atoms with E-state index in [1.165, 1.54) is 0 Å². The Labute approximate surface area is 133 Å². The standard InChI is InChI=1S/C14H23N3O2S.ClH/c1-12(2)5-9-20(18,19)17-8-7-16-11-14(17)13-4-3-6-15-10-13;/h3-4,6,10,12,14,16H,5,7-9,11H2,1-2H3;1H. The van der Waals surface area contributed by atoms with Gasteiger partial charge in [-0.2, -0.15) is 4.31 Å². The Morgan fingerprint density at radius 2 is 2.24 bits per heavy atom. The van der Waals surface area contributed by atoms with Gasteiger partial charge in [-0.05, 0) is 24.0 Å². The molecule has 0 aromatic carbocycles. The van der Waals surface area contributed by atoms with E-state index < -0.39 is 10.0 Å². The van der Waals surface area contributed by atoms with Gasteiger partial charge in [0.05, 0.1) is 11.8 Å². The minimum absolute atomic E-state index is 0. The summed E-state index contributed by atoms with van der Waals surface area (Å²) in [6.07, 6.45) is 4.16. The highest BCUT2D eigenvalue weighted by atomic mass is 35.5. The summed E-state index contributed by atoms with van der Waals surface area (Å²) in [7, 11) is -3.21. The minimum atomic E-state index is -3.21. The molecule has 1 atom stereocenters. The molecular formula is C14H24ClN3O2S. The third kappa shape index (κ3) is 4.92. The van der Waals surface area contributed by atoms with Crippen molar-refractivity contribution in [2.45, 2.75) is 26.3 Å². The smallest absolute Gasteiger partial charge is 0.214 e. The van der Waals surface area contributed by atoms with Crippen LogP contribution in [0.15, 0.2) is 24.5 Å². The fraction of sp³-hybridized carbons (Fsp3) is 0.643. The first-order chi connectivity index (χ1) is 9.50. The molecule has 1 aromatic rings. The molecule has 2 rings (SSSR count). The summed E-state index contributed by atoms with van der Waals surface area (Å²) in [5.41, 5.74) is 0.952. The number of nitrogens with zero attached hydrogens (tertiary/aromatic N) is 2. The van der Waals surface area contributed by atoms with Crippen LogP contribution in [-0.2, 0) is 10.0 Å². The van der Waals surface area contributed by atoms with Crippen molar-refractivity contribution in [3.05, 3.63) is 30.1 Å². The van der Waals surface area contributed by atoms with Crippen LogP contribution in [0.2, 0.25) is 0 Å². The zero-order chi connectivity index (χ0) is 14.6. The largest absolute Gasteiger partial charge is 0.313 e. The summed E-state index contributed by atoms with van der Waals surface area (Å²) >= 11 is 0. The molecule has 1 unspecified atom stereocenters. The van der Waals surface area contributed by atoms with Gasteiger partial charge in [0, 0.05) is 32.0 Å². The number of nitrogens with one attached hydrogen (secondary N) is 1. The van der Waals surface area contributed by atoms with Crippen molar-refractivity contribution in [2.24, 2.45) is 5.92 Å². The summed E-state index contributed by atoms with van der Waals surface area (Å²) in [6, 6.07) is 3.65. The molecule has 0 aliphatic carbocycles. The van der Waals surface area contributed by atoms with E-state index in [0.29, 0.717) is 32.0 Å². The number of pyridine rings is 1. The number of piperazine rings is 1. The molecule has 1 aliphatic rings. The molecule has 21 heavy (non-hydrogen) atoms. The lowest BCUT2D eigenvalue weighted by atomic mass is 10.1. The first-order valence-electron chi connectivity index (χ1n) is 7.11. The Bertz CT molecular complexity index is 522. The molecule has 0 spiro atoms. The highest BCUT2D eigenvalue weighted by molar-refractivity contribution is 7.89. The van der Waals surface area contributed by atoms with Crippen LogP contribution >= 0.6 is 12.4 Å². The SMILES string of the molecule is CC(C)CCS(=O)(=O)N1CCNCC1c1cccnc1.Cl. The predicted octanol–water partition coefficient (Wildman–Crippen LogP) is 1.83. The van der Waals surface area contributed by atoms with Gasteiger partial charge in [0.2, 0.25) is 10.0 Å². The first kappa shape index (κ1) is 18.4. The number of hydrogen-bond donors (Lipinski definition) is 1. The molecule has 0 saturated carbocycles. The van der Waals surface area contributed by atoms with Crippen LogP contribution in [0.3, 0.4) is 0 Å². The van der Waals surface area contributed by atoms with E-state index in [-0.39, 0.29) is 24.2 Å². The predicted molar refractivity (Wildman–Crippen MR) is 87.0 cm³/mol. The number of halogens is 1. The molecule has 0 bridgehead atoms. The van der Waals surface area contributed by atoms with Gasteiger partial charge in [-0.25, -0.2) is 8.42 Å². The monoisotopic (exact) mass is 333 g/mol. The summed E-state index contributed by atoms with van der Waals surface area (Å²) in [4.78, 5) is 4.10. The fourth-order valence-electron chi connectivity index (χ4n) is 2.38. The van der Waals surface area contributed by atoms with Gasteiger partial charge < -0.3 is 5.32 Å². The van der Waals surface area contributed by atoms with Gasteiger partial charge >= 0.3 is 0 Å². The molecule has 5 nitrogen and oxygen atoms in total. The van der Waals surface area contributed by atoms with Gasteiger partial charge in [0.15, 0.2) is 0 Å². The van der Waals surface area contributed by atoms with E-state index in [1.54, 1.807) is 16.7 Å². The number of sulfonamides is 1.